The second-order valence-electron chi connectivity index (χ2n) is 6.24. The Morgan fingerprint density at radius 3 is 2.33 bits per heavy atom. The fourth-order valence-corrected chi connectivity index (χ4v) is 2.72. The second kappa shape index (κ2) is 8.91. The fourth-order valence-electron chi connectivity index (χ4n) is 2.72. The number of nitrogens with one attached hydrogen (secondary N) is 1. The summed E-state index contributed by atoms with van der Waals surface area (Å²) in [6.07, 6.45) is -3.05. The third kappa shape index (κ3) is 5.58. The molecule has 0 saturated carbocycles. The largest absolute Gasteiger partial charge is 0.424 e. The smallest absolute Gasteiger partial charge is 0.374 e. The van der Waals surface area contributed by atoms with Crippen molar-refractivity contribution >= 4 is 35.6 Å². The van der Waals surface area contributed by atoms with E-state index >= 15 is 0 Å². The molecule has 1 atom stereocenters. The Labute approximate surface area is 172 Å². The van der Waals surface area contributed by atoms with Gasteiger partial charge in [0.05, 0.1) is 0 Å². The number of hydrogen-bond donors (Lipinski definition) is 3. The number of hydrogen-bond acceptors (Lipinski definition) is 3. The predicted octanol–water partition coefficient (Wildman–Crippen LogP) is 3.22. The van der Waals surface area contributed by atoms with E-state index < -0.39 is 24.0 Å². The number of nitrogens with two attached hydrogens (primary N) is 1. The molecule has 27 heavy (non-hydrogen) atoms. The summed E-state index contributed by atoms with van der Waals surface area (Å²) in [6, 6.07) is 5.67. The molecule has 1 aromatic heterocycles. The Morgan fingerprint density at radius 2 is 1.85 bits per heavy atom. The zero-order valence-corrected chi connectivity index (χ0v) is 17.5. The van der Waals surface area contributed by atoms with Crippen LogP contribution in [-0.2, 0) is 12.6 Å². The first-order valence-electron chi connectivity index (χ1n) is 7.95. The van der Waals surface area contributed by atoms with Crippen LogP contribution in [0.4, 0.5) is 18.9 Å². The van der Waals surface area contributed by atoms with Crippen LogP contribution in [0.1, 0.15) is 23.4 Å². The number of halogens is 4. The molecule has 2 aromatic rings. The molecule has 0 amide bonds. The van der Waals surface area contributed by atoms with Gasteiger partial charge >= 0.3 is 6.18 Å². The number of benzene rings is 1. The molecular formula is C17H23F3IN5O. The van der Waals surface area contributed by atoms with Crippen molar-refractivity contribution in [1.82, 2.24) is 9.55 Å². The van der Waals surface area contributed by atoms with E-state index in [0.717, 1.165) is 15.7 Å². The quantitative estimate of drug-likeness (QED) is 0.337. The van der Waals surface area contributed by atoms with Crippen molar-refractivity contribution < 1.29 is 18.3 Å². The molecule has 0 fully saturated rings. The van der Waals surface area contributed by atoms with Crippen molar-refractivity contribution in [3.63, 3.8) is 0 Å². The average Bonchev–Trinajstić information content (AvgIpc) is 2.91. The van der Waals surface area contributed by atoms with Gasteiger partial charge in [-0.1, -0.05) is 6.07 Å². The molecular weight excluding hydrogens is 474 g/mol. The number of aliphatic hydroxyl groups is 1. The van der Waals surface area contributed by atoms with Gasteiger partial charge in [-0.05, 0) is 37.1 Å². The molecule has 10 heteroatoms. The highest BCUT2D eigenvalue weighted by Gasteiger charge is 2.57. The summed E-state index contributed by atoms with van der Waals surface area (Å²) in [7, 11) is 1.39. The van der Waals surface area contributed by atoms with Gasteiger partial charge in [0.2, 0.25) is 5.60 Å². The Bertz CT molecular complexity index is 786. The Hall–Kier alpha value is -1.82. The van der Waals surface area contributed by atoms with Crippen LogP contribution in [0.2, 0.25) is 0 Å². The van der Waals surface area contributed by atoms with Gasteiger partial charge in [-0.25, -0.2) is 4.98 Å². The van der Waals surface area contributed by atoms with E-state index in [4.69, 9.17) is 5.73 Å². The maximum Gasteiger partial charge on any atom is 0.424 e. The molecule has 1 heterocycles. The monoisotopic (exact) mass is 497 g/mol. The third-order valence-electron chi connectivity index (χ3n) is 3.91. The van der Waals surface area contributed by atoms with Crippen molar-refractivity contribution in [2.75, 3.05) is 11.9 Å². The normalized spacial score (nSPS) is 14.4. The van der Waals surface area contributed by atoms with Gasteiger partial charge in [0.1, 0.15) is 5.82 Å². The van der Waals surface area contributed by atoms with Crippen molar-refractivity contribution in [1.29, 1.82) is 0 Å². The average molecular weight is 497 g/mol. The minimum atomic E-state index is -4.89. The van der Waals surface area contributed by atoms with Crippen LogP contribution in [-0.4, -0.2) is 33.3 Å². The number of guanidine groups is 1. The van der Waals surface area contributed by atoms with Crippen LogP contribution in [0, 0.1) is 13.8 Å². The molecule has 1 unspecified atom stereocenters. The van der Waals surface area contributed by atoms with Crippen LogP contribution in [0.5, 0.6) is 0 Å². The minimum absolute atomic E-state index is 0. The number of anilines is 1. The standard InChI is InChI=1S/C17H22F3N5O.HI/c1-11-8-12(2)10-13(9-11)24-15(21)23-5-4-16(26,17(18,19)20)14-22-6-7-25(14)3;/h6-10,26H,4-5H2,1-3H3,(H3,21,23,24);1H. The van der Waals surface area contributed by atoms with Gasteiger partial charge in [-0.15, -0.1) is 24.0 Å². The molecule has 0 aliphatic rings. The van der Waals surface area contributed by atoms with Crippen molar-refractivity contribution in [2.24, 2.45) is 17.8 Å². The van der Waals surface area contributed by atoms with E-state index in [1.807, 2.05) is 32.0 Å². The SMILES string of the molecule is Cc1cc(C)cc(NC(N)=NCCC(O)(c2nccn2C)C(F)(F)F)c1.I. The Balaban J connectivity index is 0.00000364. The lowest BCUT2D eigenvalue weighted by Gasteiger charge is -2.29. The maximum absolute atomic E-state index is 13.4. The van der Waals surface area contributed by atoms with Gasteiger partial charge in [0.15, 0.2) is 5.96 Å². The highest BCUT2D eigenvalue weighted by molar-refractivity contribution is 14.0. The van der Waals surface area contributed by atoms with Crippen LogP contribution in [0.25, 0.3) is 0 Å². The van der Waals surface area contributed by atoms with Crippen LogP contribution < -0.4 is 11.1 Å². The number of imidazole rings is 1. The topological polar surface area (TPSA) is 88.5 Å². The number of rotatable bonds is 5. The second-order valence-corrected chi connectivity index (χ2v) is 6.24. The summed E-state index contributed by atoms with van der Waals surface area (Å²) in [5.41, 5.74) is 5.37. The number of aliphatic imine (C=N–C) groups is 1. The fraction of sp³-hybridized carbons (Fsp3) is 0.412. The van der Waals surface area contributed by atoms with E-state index in [9.17, 15) is 18.3 Å². The maximum atomic E-state index is 13.4. The Morgan fingerprint density at radius 1 is 1.26 bits per heavy atom. The first-order valence-corrected chi connectivity index (χ1v) is 7.95. The highest BCUT2D eigenvalue weighted by Crippen LogP contribution is 2.40. The Kier molecular flexibility index (Phi) is 7.66. The first-order chi connectivity index (χ1) is 12.0. The van der Waals surface area contributed by atoms with Crippen LogP contribution in [0.3, 0.4) is 0 Å². The van der Waals surface area contributed by atoms with Gasteiger partial charge < -0.3 is 20.7 Å². The third-order valence-corrected chi connectivity index (χ3v) is 3.91. The summed E-state index contributed by atoms with van der Waals surface area (Å²) in [4.78, 5) is 7.54. The predicted molar refractivity (Wildman–Crippen MR) is 109 cm³/mol. The summed E-state index contributed by atoms with van der Waals surface area (Å²) in [5.74, 6) is -0.514. The van der Waals surface area contributed by atoms with Crippen LogP contribution >= 0.6 is 24.0 Å². The van der Waals surface area contributed by atoms with Gasteiger partial charge in [0.25, 0.3) is 0 Å². The number of aromatic nitrogens is 2. The zero-order chi connectivity index (χ0) is 19.5. The minimum Gasteiger partial charge on any atom is -0.374 e. The molecule has 0 aliphatic heterocycles. The molecule has 2 rings (SSSR count). The molecule has 0 spiro atoms. The molecule has 150 valence electrons. The summed E-state index contributed by atoms with van der Waals surface area (Å²) >= 11 is 0. The lowest BCUT2D eigenvalue weighted by atomic mass is 9.98. The van der Waals surface area contributed by atoms with E-state index in [2.05, 4.69) is 15.3 Å². The highest BCUT2D eigenvalue weighted by atomic mass is 127. The van der Waals surface area contributed by atoms with Crippen LogP contribution in [0.15, 0.2) is 35.6 Å². The van der Waals surface area contributed by atoms with E-state index in [0.29, 0.717) is 5.69 Å². The van der Waals surface area contributed by atoms with Gasteiger partial charge in [-0.3, -0.25) is 4.99 Å². The lowest BCUT2D eigenvalue weighted by molar-refractivity contribution is -0.272. The molecule has 6 nitrogen and oxygen atoms in total. The number of nitrogens with zero attached hydrogens (tertiary/aromatic N) is 3. The molecule has 1 aromatic carbocycles. The van der Waals surface area contributed by atoms with Crippen molar-refractivity contribution in [3.8, 4) is 0 Å². The molecule has 4 N–H and O–H groups in total. The molecule has 0 aliphatic carbocycles. The van der Waals surface area contributed by atoms with E-state index in [1.54, 1.807) is 0 Å². The lowest BCUT2D eigenvalue weighted by Crippen LogP contribution is -2.45. The van der Waals surface area contributed by atoms with E-state index in [-0.39, 0.29) is 36.5 Å². The number of alkyl halides is 3. The van der Waals surface area contributed by atoms with Crippen molar-refractivity contribution in [2.45, 2.75) is 32.0 Å². The summed E-state index contributed by atoms with van der Waals surface area (Å²) in [6.45, 7) is 3.51. The van der Waals surface area contributed by atoms with Gasteiger partial charge in [0, 0.05) is 38.1 Å². The summed E-state index contributed by atoms with van der Waals surface area (Å²) < 4.78 is 41.4. The molecule has 0 bridgehead atoms. The number of aryl methyl sites for hydroxylation is 3. The van der Waals surface area contributed by atoms with Gasteiger partial charge in [-0.2, -0.15) is 13.2 Å². The van der Waals surface area contributed by atoms with E-state index in [1.165, 1.54) is 19.4 Å². The summed E-state index contributed by atoms with van der Waals surface area (Å²) in [5, 5.41) is 13.1. The first kappa shape index (κ1) is 23.2. The van der Waals surface area contributed by atoms with Crippen molar-refractivity contribution in [3.05, 3.63) is 47.5 Å². The zero-order valence-electron chi connectivity index (χ0n) is 15.2. The molecule has 0 radical (unpaired) electrons. The molecule has 0 saturated heterocycles.